The molecule has 0 aliphatic rings. The molecule has 0 saturated heterocycles. The van der Waals surface area contributed by atoms with Crippen LogP contribution in [-0.4, -0.2) is 66.5 Å². The highest BCUT2D eigenvalue weighted by molar-refractivity contribution is 7.47. The molecule has 0 aromatic carbocycles. The van der Waals surface area contributed by atoms with Crippen LogP contribution in [0.4, 0.5) is 0 Å². The molecule has 3 unspecified atom stereocenters. The first-order chi connectivity index (χ1) is 39.2. The van der Waals surface area contributed by atoms with Crippen LogP contribution in [0.3, 0.4) is 0 Å². The lowest BCUT2D eigenvalue weighted by Crippen LogP contribution is -2.30. The number of phosphoric acid groups is 1. The number of allylic oxidation sites excluding steroid dienone is 20. The van der Waals surface area contributed by atoms with Crippen molar-refractivity contribution in [3.63, 3.8) is 0 Å². The van der Waals surface area contributed by atoms with Gasteiger partial charge in [0.05, 0.1) is 19.8 Å². The molecule has 456 valence electrons. The monoisotopic (exact) mass is 1140 g/mol. The molecule has 0 bridgehead atoms. The molecule has 0 aliphatic heterocycles. The lowest BCUT2D eigenvalue weighted by atomic mass is 10.1. The Kier molecular flexibility index (Phi) is 57.8. The Morgan fingerprint density at radius 2 is 0.650 bits per heavy atom. The molecule has 0 saturated carbocycles. The summed E-state index contributed by atoms with van der Waals surface area (Å²) in [6.07, 6.45) is 75.7. The van der Waals surface area contributed by atoms with E-state index in [0.717, 1.165) is 141 Å². The largest absolute Gasteiger partial charge is 0.472 e. The van der Waals surface area contributed by atoms with Gasteiger partial charge in [0.1, 0.15) is 12.7 Å². The van der Waals surface area contributed by atoms with Crippen LogP contribution in [0.1, 0.15) is 252 Å². The van der Waals surface area contributed by atoms with Crippen molar-refractivity contribution in [2.45, 2.75) is 264 Å². The number of esters is 3. The quantitative estimate of drug-likeness (QED) is 0.0197. The second kappa shape index (κ2) is 61.0. The number of aliphatic hydroxyl groups is 1. The maximum Gasteiger partial charge on any atom is 0.472 e. The summed E-state index contributed by atoms with van der Waals surface area (Å²) in [6, 6.07) is 0. The standard InChI is InChI=1S/C68H113O11P/c1-4-7-10-13-16-19-22-25-28-31-32-35-38-41-44-47-50-53-56-59-68(72)79-65(61-75-66(70)57-54-51-48-45-42-39-36-33-29-26-23-20-17-14-11-8-5-2)63-77-80(73,74)76-62-64(60-69)78-67(71)58-55-52-49-46-43-40-37-34-30-27-24-21-18-15-12-9-6-3/h7-8,10-11,16-21,25-30,32,35,41,44,64-65,69H,4-6,9,12-15,22-24,31,33-34,36-40,42-43,45-63H2,1-3H3,(H,73,74)/b10-7-,11-8-,19-16-,20-17-,21-18-,28-25-,29-26-,30-27-,35-32-,44-41-. The van der Waals surface area contributed by atoms with E-state index >= 15 is 0 Å². The van der Waals surface area contributed by atoms with Gasteiger partial charge in [-0.1, -0.05) is 226 Å². The van der Waals surface area contributed by atoms with E-state index in [1.807, 2.05) is 0 Å². The molecule has 0 spiro atoms. The lowest BCUT2D eigenvalue weighted by molar-refractivity contribution is -0.161. The van der Waals surface area contributed by atoms with Gasteiger partial charge in [-0.3, -0.25) is 23.4 Å². The molecular weight excluding hydrogens is 1020 g/mol. The average Bonchev–Trinajstić information content (AvgIpc) is 3.45. The summed E-state index contributed by atoms with van der Waals surface area (Å²) in [4.78, 5) is 48.7. The van der Waals surface area contributed by atoms with Crippen LogP contribution in [-0.2, 0) is 42.2 Å². The molecule has 12 heteroatoms. The Bertz CT molecular complexity index is 1800. The summed E-state index contributed by atoms with van der Waals surface area (Å²) in [7, 11) is -4.77. The number of carbonyl (C=O) groups is 3. The number of rotatable bonds is 57. The van der Waals surface area contributed by atoms with Crippen molar-refractivity contribution in [1.29, 1.82) is 0 Å². The Morgan fingerprint density at radius 1 is 0.362 bits per heavy atom. The first-order valence-electron chi connectivity index (χ1n) is 31.4. The fourth-order valence-corrected chi connectivity index (χ4v) is 8.92. The number of hydrogen-bond donors (Lipinski definition) is 2. The van der Waals surface area contributed by atoms with Gasteiger partial charge in [-0.25, -0.2) is 4.57 Å². The third-order valence-electron chi connectivity index (χ3n) is 12.8. The summed E-state index contributed by atoms with van der Waals surface area (Å²) >= 11 is 0. The zero-order valence-electron chi connectivity index (χ0n) is 50.5. The molecule has 0 radical (unpaired) electrons. The molecule has 2 N–H and O–H groups in total. The van der Waals surface area contributed by atoms with Crippen LogP contribution in [0.15, 0.2) is 122 Å². The van der Waals surface area contributed by atoms with E-state index < -0.39 is 57.8 Å². The summed E-state index contributed by atoms with van der Waals surface area (Å²) < 4.78 is 39.6. The zero-order valence-corrected chi connectivity index (χ0v) is 51.4. The normalized spacial score (nSPS) is 14.1. The maximum atomic E-state index is 13.0. The number of carbonyl (C=O) groups excluding carboxylic acids is 3. The fourth-order valence-electron chi connectivity index (χ4n) is 8.13. The first-order valence-corrected chi connectivity index (χ1v) is 32.9. The van der Waals surface area contributed by atoms with E-state index in [4.69, 9.17) is 23.3 Å². The molecule has 0 rings (SSSR count). The fraction of sp³-hybridized carbons (Fsp3) is 0.662. The van der Waals surface area contributed by atoms with Crippen LogP contribution in [0.2, 0.25) is 0 Å². The molecule has 0 aliphatic carbocycles. The molecule has 3 atom stereocenters. The topological polar surface area (TPSA) is 155 Å². The van der Waals surface area contributed by atoms with Gasteiger partial charge in [-0.05, 0) is 128 Å². The van der Waals surface area contributed by atoms with Crippen molar-refractivity contribution in [1.82, 2.24) is 0 Å². The van der Waals surface area contributed by atoms with E-state index in [1.165, 1.54) is 51.4 Å². The number of phosphoric ester groups is 1. The third-order valence-corrected chi connectivity index (χ3v) is 13.8. The summed E-state index contributed by atoms with van der Waals surface area (Å²) in [5.74, 6) is -1.53. The number of aliphatic hydroxyl groups excluding tert-OH is 1. The van der Waals surface area contributed by atoms with Crippen molar-refractivity contribution in [2.75, 3.05) is 26.4 Å². The molecule has 0 amide bonds. The smallest absolute Gasteiger partial charge is 0.462 e. The van der Waals surface area contributed by atoms with Crippen LogP contribution in [0, 0.1) is 0 Å². The van der Waals surface area contributed by atoms with Crippen LogP contribution in [0.5, 0.6) is 0 Å². The number of unbranched alkanes of at least 4 members (excludes halogenated alkanes) is 20. The van der Waals surface area contributed by atoms with Crippen LogP contribution >= 0.6 is 7.82 Å². The van der Waals surface area contributed by atoms with E-state index in [-0.39, 0.29) is 25.9 Å². The Morgan fingerprint density at radius 3 is 1.01 bits per heavy atom. The van der Waals surface area contributed by atoms with Gasteiger partial charge in [-0.2, -0.15) is 0 Å². The minimum absolute atomic E-state index is 0.120. The van der Waals surface area contributed by atoms with E-state index in [1.54, 1.807) is 0 Å². The van der Waals surface area contributed by atoms with Gasteiger partial charge >= 0.3 is 25.7 Å². The highest BCUT2D eigenvalue weighted by atomic mass is 31.2. The molecule has 0 fully saturated rings. The van der Waals surface area contributed by atoms with Crippen molar-refractivity contribution >= 4 is 25.7 Å². The Hall–Kier alpha value is -4.12. The van der Waals surface area contributed by atoms with Gasteiger partial charge in [0, 0.05) is 19.3 Å². The predicted octanol–water partition coefficient (Wildman–Crippen LogP) is 19.1. The van der Waals surface area contributed by atoms with Crippen molar-refractivity contribution in [3.8, 4) is 0 Å². The highest BCUT2D eigenvalue weighted by Crippen LogP contribution is 2.43. The van der Waals surface area contributed by atoms with Gasteiger partial charge in [-0.15, -0.1) is 0 Å². The number of ether oxygens (including phenoxy) is 3. The molecule has 0 aromatic heterocycles. The second-order valence-electron chi connectivity index (χ2n) is 20.5. The second-order valence-corrected chi connectivity index (χ2v) is 21.9. The SMILES string of the molecule is CC/C=C\C/C=C\C/C=C\C/C=C\C/C=C\CCCCCC(=O)OC(COC(=O)CCCCCCCCC/C=C\C/C=C\C/C=C\CC)COP(=O)(O)OCC(CO)OC(=O)CCCCCCCCC/C=C\C/C=C\CCCCC. The molecule has 0 aromatic rings. The molecule has 11 nitrogen and oxygen atoms in total. The van der Waals surface area contributed by atoms with Crippen LogP contribution in [0.25, 0.3) is 0 Å². The van der Waals surface area contributed by atoms with Gasteiger partial charge in [0.2, 0.25) is 0 Å². The van der Waals surface area contributed by atoms with Gasteiger partial charge < -0.3 is 24.2 Å². The van der Waals surface area contributed by atoms with E-state index in [2.05, 4.69) is 142 Å². The third kappa shape index (κ3) is 58.5. The predicted molar refractivity (Wildman–Crippen MR) is 334 cm³/mol. The first kappa shape index (κ1) is 75.9. The van der Waals surface area contributed by atoms with E-state index in [9.17, 15) is 28.9 Å². The van der Waals surface area contributed by atoms with Crippen molar-refractivity contribution in [3.05, 3.63) is 122 Å². The molecule has 80 heavy (non-hydrogen) atoms. The van der Waals surface area contributed by atoms with Crippen molar-refractivity contribution < 1.29 is 52.2 Å². The summed E-state index contributed by atoms with van der Waals surface area (Å²) in [6.45, 7) is 4.35. The highest BCUT2D eigenvalue weighted by Gasteiger charge is 2.28. The van der Waals surface area contributed by atoms with Gasteiger partial charge in [0.25, 0.3) is 0 Å². The van der Waals surface area contributed by atoms with Crippen molar-refractivity contribution in [2.24, 2.45) is 0 Å². The minimum Gasteiger partial charge on any atom is -0.462 e. The zero-order chi connectivity index (χ0) is 58.3. The Balaban J connectivity index is 4.80. The lowest BCUT2D eigenvalue weighted by Gasteiger charge is -2.21. The summed E-state index contributed by atoms with van der Waals surface area (Å²) in [5, 5.41) is 9.85. The maximum absolute atomic E-state index is 13.0. The summed E-state index contributed by atoms with van der Waals surface area (Å²) in [5.41, 5.74) is 0. The van der Waals surface area contributed by atoms with Gasteiger partial charge in [0.15, 0.2) is 6.10 Å². The van der Waals surface area contributed by atoms with E-state index in [0.29, 0.717) is 19.3 Å². The number of hydrogen-bond acceptors (Lipinski definition) is 10. The average molecular weight is 1140 g/mol. The molecular formula is C68H113O11P. The van der Waals surface area contributed by atoms with Crippen LogP contribution < -0.4 is 0 Å². The minimum atomic E-state index is -4.77. The molecule has 0 heterocycles. The Labute approximate surface area is 487 Å².